The molecule has 0 aliphatic rings. The second-order valence-electron chi connectivity index (χ2n) is 4.22. The van der Waals surface area contributed by atoms with E-state index in [4.69, 9.17) is 0 Å². The third-order valence-corrected chi connectivity index (χ3v) is 2.98. The van der Waals surface area contributed by atoms with Crippen molar-refractivity contribution in [3.05, 3.63) is 41.5 Å². The van der Waals surface area contributed by atoms with E-state index in [1.54, 1.807) is 12.3 Å². The molecule has 0 amide bonds. The standard InChI is InChI=1S/C14H15FN2O/c1-3-6-17-10(2)13(8-16-17)11-4-5-12(9-18)14(15)7-11/h4-5,7-9H,3,6H2,1-2H3. The summed E-state index contributed by atoms with van der Waals surface area (Å²) in [5.41, 5.74) is 2.74. The summed E-state index contributed by atoms with van der Waals surface area (Å²) in [6, 6.07) is 4.62. The van der Waals surface area contributed by atoms with E-state index in [0.717, 1.165) is 29.8 Å². The van der Waals surface area contributed by atoms with Crippen LogP contribution in [-0.2, 0) is 6.54 Å². The highest BCUT2D eigenvalue weighted by atomic mass is 19.1. The Kier molecular flexibility index (Phi) is 3.55. The zero-order valence-electron chi connectivity index (χ0n) is 10.5. The van der Waals surface area contributed by atoms with Gasteiger partial charge in [-0.3, -0.25) is 9.48 Å². The fraction of sp³-hybridized carbons (Fsp3) is 0.286. The lowest BCUT2D eigenvalue weighted by Gasteiger charge is -2.04. The molecule has 0 bridgehead atoms. The maximum atomic E-state index is 13.6. The van der Waals surface area contributed by atoms with Crippen LogP contribution < -0.4 is 0 Å². The number of carbonyl (C=O) groups is 1. The van der Waals surface area contributed by atoms with Crippen LogP contribution in [0.25, 0.3) is 11.1 Å². The maximum absolute atomic E-state index is 13.6. The average molecular weight is 246 g/mol. The Morgan fingerprint density at radius 1 is 1.44 bits per heavy atom. The first kappa shape index (κ1) is 12.5. The molecule has 0 unspecified atom stereocenters. The van der Waals surface area contributed by atoms with Gasteiger partial charge in [0.25, 0.3) is 0 Å². The second kappa shape index (κ2) is 5.12. The van der Waals surface area contributed by atoms with Crippen molar-refractivity contribution < 1.29 is 9.18 Å². The summed E-state index contributed by atoms with van der Waals surface area (Å²) in [6.45, 7) is 4.89. The monoisotopic (exact) mass is 246 g/mol. The lowest BCUT2D eigenvalue weighted by molar-refractivity contribution is 0.112. The van der Waals surface area contributed by atoms with Gasteiger partial charge in [0.1, 0.15) is 5.82 Å². The first-order valence-corrected chi connectivity index (χ1v) is 5.95. The predicted molar refractivity (Wildman–Crippen MR) is 68.0 cm³/mol. The molecule has 18 heavy (non-hydrogen) atoms. The quantitative estimate of drug-likeness (QED) is 0.776. The van der Waals surface area contributed by atoms with Gasteiger partial charge in [-0.15, -0.1) is 0 Å². The van der Waals surface area contributed by atoms with Crippen molar-refractivity contribution in [1.29, 1.82) is 0 Å². The first-order valence-electron chi connectivity index (χ1n) is 5.95. The number of carbonyl (C=O) groups excluding carboxylic acids is 1. The summed E-state index contributed by atoms with van der Waals surface area (Å²) in [7, 11) is 0. The van der Waals surface area contributed by atoms with Crippen LogP contribution >= 0.6 is 0 Å². The van der Waals surface area contributed by atoms with Gasteiger partial charge in [-0.25, -0.2) is 4.39 Å². The summed E-state index contributed by atoms with van der Waals surface area (Å²) >= 11 is 0. The van der Waals surface area contributed by atoms with Gasteiger partial charge >= 0.3 is 0 Å². The van der Waals surface area contributed by atoms with Gasteiger partial charge in [0.2, 0.25) is 0 Å². The SMILES string of the molecule is CCCn1ncc(-c2ccc(C=O)c(F)c2)c1C. The molecule has 1 aromatic heterocycles. The fourth-order valence-corrected chi connectivity index (χ4v) is 1.96. The summed E-state index contributed by atoms with van der Waals surface area (Å²) in [5.74, 6) is -0.495. The number of rotatable bonds is 4. The Hall–Kier alpha value is -1.97. The molecule has 94 valence electrons. The minimum absolute atomic E-state index is 0.0809. The Morgan fingerprint density at radius 2 is 2.22 bits per heavy atom. The molecule has 0 spiro atoms. The molecule has 0 atom stereocenters. The van der Waals surface area contributed by atoms with Gasteiger partial charge in [-0.2, -0.15) is 5.10 Å². The number of halogens is 1. The third kappa shape index (κ3) is 2.18. The molecule has 0 saturated heterocycles. The molecular weight excluding hydrogens is 231 g/mol. The lowest BCUT2D eigenvalue weighted by atomic mass is 10.0. The van der Waals surface area contributed by atoms with Gasteiger partial charge in [0, 0.05) is 17.8 Å². The van der Waals surface area contributed by atoms with E-state index in [1.165, 1.54) is 12.1 Å². The molecule has 1 aromatic carbocycles. The first-order chi connectivity index (χ1) is 8.67. The Morgan fingerprint density at radius 3 is 2.83 bits per heavy atom. The number of benzene rings is 1. The number of aldehydes is 1. The van der Waals surface area contributed by atoms with Crippen LogP contribution in [0.3, 0.4) is 0 Å². The molecule has 0 aliphatic carbocycles. The van der Waals surface area contributed by atoms with Gasteiger partial charge in [0.05, 0.1) is 11.8 Å². The lowest BCUT2D eigenvalue weighted by Crippen LogP contribution is -2.01. The molecule has 2 rings (SSSR count). The molecule has 0 radical (unpaired) electrons. The van der Waals surface area contributed by atoms with Gasteiger partial charge in [0.15, 0.2) is 6.29 Å². The summed E-state index contributed by atoms with van der Waals surface area (Å²) in [4.78, 5) is 10.6. The minimum atomic E-state index is -0.495. The Balaban J connectivity index is 2.42. The van der Waals surface area contributed by atoms with E-state index in [2.05, 4.69) is 12.0 Å². The van der Waals surface area contributed by atoms with Crippen LogP contribution in [-0.4, -0.2) is 16.1 Å². The maximum Gasteiger partial charge on any atom is 0.152 e. The topological polar surface area (TPSA) is 34.9 Å². The summed E-state index contributed by atoms with van der Waals surface area (Å²) in [6.07, 6.45) is 3.26. The molecule has 0 aliphatic heterocycles. The van der Waals surface area contributed by atoms with Gasteiger partial charge in [-0.05, 0) is 31.0 Å². The Labute approximate surface area is 105 Å². The van der Waals surface area contributed by atoms with Gasteiger partial charge < -0.3 is 0 Å². The van der Waals surface area contributed by atoms with Crippen molar-refractivity contribution in [1.82, 2.24) is 9.78 Å². The highest BCUT2D eigenvalue weighted by Gasteiger charge is 2.10. The zero-order chi connectivity index (χ0) is 13.1. The molecule has 4 heteroatoms. The van der Waals surface area contributed by atoms with Crippen LogP contribution in [0.4, 0.5) is 4.39 Å². The number of aryl methyl sites for hydroxylation is 1. The molecular formula is C14H15FN2O. The molecule has 0 saturated carbocycles. The second-order valence-corrected chi connectivity index (χ2v) is 4.22. The van der Waals surface area contributed by atoms with Crippen molar-refractivity contribution in [2.24, 2.45) is 0 Å². The molecule has 2 aromatic rings. The van der Waals surface area contributed by atoms with E-state index in [9.17, 15) is 9.18 Å². The van der Waals surface area contributed by atoms with E-state index in [1.807, 2.05) is 11.6 Å². The highest BCUT2D eigenvalue weighted by Crippen LogP contribution is 2.24. The highest BCUT2D eigenvalue weighted by molar-refractivity contribution is 5.77. The van der Waals surface area contributed by atoms with Crippen molar-refractivity contribution in [3.63, 3.8) is 0 Å². The Bertz CT molecular complexity index is 575. The number of aromatic nitrogens is 2. The van der Waals surface area contributed by atoms with Crippen LogP contribution in [0, 0.1) is 12.7 Å². The normalized spacial score (nSPS) is 10.6. The fourth-order valence-electron chi connectivity index (χ4n) is 1.96. The minimum Gasteiger partial charge on any atom is -0.298 e. The largest absolute Gasteiger partial charge is 0.298 e. The van der Waals surface area contributed by atoms with Crippen molar-refractivity contribution >= 4 is 6.29 Å². The van der Waals surface area contributed by atoms with Crippen LogP contribution in [0.5, 0.6) is 0 Å². The summed E-state index contributed by atoms with van der Waals surface area (Å²) < 4.78 is 15.5. The van der Waals surface area contributed by atoms with Crippen molar-refractivity contribution in [2.45, 2.75) is 26.8 Å². The number of hydrogen-bond acceptors (Lipinski definition) is 2. The average Bonchev–Trinajstić information content (AvgIpc) is 2.72. The predicted octanol–water partition coefficient (Wildman–Crippen LogP) is 3.22. The molecule has 0 N–H and O–H groups in total. The number of nitrogens with zero attached hydrogens (tertiary/aromatic N) is 2. The zero-order valence-corrected chi connectivity index (χ0v) is 10.5. The smallest absolute Gasteiger partial charge is 0.152 e. The van der Waals surface area contributed by atoms with Crippen LogP contribution in [0.2, 0.25) is 0 Å². The van der Waals surface area contributed by atoms with E-state index in [0.29, 0.717) is 6.29 Å². The van der Waals surface area contributed by atoms with Crippen LogP contribution in [0.15, 0.2) is 24.4 Å². The van der Waals surface area contributed by atoms with Gasteiger partial charge in [-0.1, -0.05) is 13.0 Å². The third-order valence-electron chi connectivity index (χ3n) is 2.98. The van der Waals surface area contributed by atoms with E-state index < -0.39 is 5.82 Å². The van der Waals surface area contributed by atoms with Crippen LogP contribution in [0.1, 0.15) is 29.4 Å². The molecule has 0 fully saturated rings. The summed E-state index contributed by atoms with van der Waals surface area (Å²) in [5, 5.41) is 4.28. The van der Waals surface area contributed by atoms with E-state index in [-0.39, 0.29) is 5.56 Å². The molecule has 1 heterocycles. The van der Waals surface area contributed by atoms with E-state index >= 15 is 0 Å². The molecule has 3 nitrogen and oxygen atoms in total. The van der Waals surface area contributed by atoms with Crippen molar-refractivity contribution in [3.8, 4) is 11.1 Å². The number of hydrogen-bond donors (Lipinski definition) is 0. The van der Waals surface area contributed by atoms with Crippen molar-refractivity contribution in [2.75, 3.05) is 0 Å².